The van der Waals surface area contributed by atoms with Crippen LogP contribution in [0.2, 0.25) is 0 Å². The molecule has 1 atom stereocenters. The van der Waals surface area contributed by atoms with Crippen LogP contribution in [0.5, 0.6) is 0 Å². The van der Waals surface area contributed by atoms with Crippen molar-refractivity contribution >= 4 is 28.4 Å². The standard InChI is InChI=1S/C39H42N8O3/c1-2-39(38(49)42-31-10-11-33-32(23-31)36(44-43-33)30-14-20-47(50)34(22-30)28-6-7-28)15-21-45(25-39)24-35(48)46-18-12-27(13-19-46)26-4-8-29(9-5-26)37-40-16-3-17-41-37/h3-5,8-11,14,16-17,20,22-23,27-28H,2,6-7,12-13,15,18-19,21,24-25H2,1H3,(H,42,49)(H,43,44)/t39-/m1/s1. The van der Waals surface area contributed by atoms with Gasteiger partial charge in [-0.05, 0) is 80.8 Å². The summed E-state index contributed by atoms with van der Waals surface area (Å²) in [5.74, 6) is 1.58. The van der Waals surface area contributed by atoms with Gasteiger partial charge < -0.3 is 15.4 Å². The van der Waals surface area contributed by atoms with Gasteiger partial charge in [-0.25, -0.2) is 9.97 Å². The average molecular weight is 671 g/mol. The number of anilines is 1. The molecule has 2 aromatic carbocycles. The number of nitrogens with zero attached hydrogens (tertiary/aromatic N) is 6. The molecule has 0 bridgehead atoms. The molecule has 0 unspecified atom stereocenters. The molecule has 0 radical (unpaired) electrons. The van der Waals surface area contributed by atoms with Crippen LogP contribution >= 0.6 is 0 Å². The maximum atomic E-state index is 13.9. The van der Waals surface area contributed by atoms with Crippen LogP contribution < -0.4 is 10.0 Å². The molecule has 50 heavy (non-hydrogen) atoms. The predicted octanol–water partition coefficient (Wildman–Crippen LogP) is 5.64. The molecule has 11 heteroatoms. The van der Waals surface area contributed by atoms with Gasteiger partial charge in [0.25, 0.3) is 0 Å². The minimum Gasteiger partial charge on any atom is -0.618 e. The summed E-state index contributed by atoms with van der Waals surface area (Å²) in [5, 5.41) is 24.1. The Morgan fingerprint density at radius 1 is 0.960 bits per heavy atom. The van der Waals surface area contributed by atoms with E-state index in [1.54, 1.807) is 24.7 Å². The average Bonchev–Trinajstić information content (AvgIpc) is 3.78. The largest absolute Gasteiger partial charge is 0.618 e. The minimum absolute atomic E-state index is 0.0202. The molecule has 5 aromatic rings. The van der Waals surface area contributed by atoms with Gasteiger partial charge in [-0.1, -0.05) is 31.2 Å². The van der Waals surface area contributed by atoms with Crippen molar-refractivity contribution in [1.29, 1.82) is 0 Å². The van der Waals surface area contributed by atoms with Gasteiger partial charge in [0, 0.05) is 72.3 Å². The number of carbonyl (C=O) groups is 2. The summed E-state index contributed by atoms with van der Waals surface area (Å²) in [5.41, 5.74) is 5.71. The van der Waals surface area contributed by atoms with Crippen molar-refractivity contribution in [2.45, 2.75) is 57.3 Å². The van der Waals surface area contributed by atoms with Crippen LogP contribution in [0.1, 0.15) is 68.5 Å². The summed E-state index contributed by atoms with van der Waals surface area (Å²) in [4.78, 5) is 40.1. The fourth-order valence-corrected chi connectivity index (χ4v) is 7.74. The molecule has 2 aliphatic heterocycles. The highest BCUT2D eigenvalue weighted by atomic mass is 16.5. The molecule has 3 aromatic heterocycles. The van der Waals surface area contributed by atoms with Gasteiger partial charge in [-0.2, -0.15) is 9.83 Å². The zero-order chi connectivity index (χ0) is 34.2. The monoisotopic (exact) mass is 670 g/mol. The Morgan fingerprint density at radius 3 is 2.48 bits per heavy atom. The molecule has 8 rings (SSSR count). The van der Waals surface area contributed by atoms with Crippen molar-refractivity contribution in [3.63, 3.8) is 0 Å². The highest BCUT2D eigenvalue weighted by molar-refractivity contribution is 6.00. The number of rotatable bonds is 9. The van der Waals surface area contributed by atoms with E-state index in [4.69, 9.17) is 0 Å². The lowest BCUT2D eigenvalue weighted by Crippen LogP contribution is -2.45. The molecule has 5 heterocycles. The lowest BCUT2D eigenvalue weighted by molar-refractivity contribution is -0.614. The second kappa shape index (κ2) is 13.3. The number of nitrogens with one attached hydrogen (secondary N) is 2. The van der Waals surface area contributed by atoms with Gasteiger partial charge in [0.15, 0.2) is 17.7 Å². The summed E-state index contributed by atoms with van der Waals surface area (Å²) >= 11 is 0. The fourth-order valence-electron chi connectivity index (χ4n) is 7.74. The van der Waals surface area contributed by atoms with E-state index in [1.165, 1.54) is 5.56 Å². The number of piperidine rings is 1. The maximum absolute atomic E-state index is 13.9. The Balaban J connectivity index is 0.873. The first-order valence-electron chi connectivity index (χ1n) is 17.8. The number of likely N-dealkylation sites (tertiary alicyclic amines) is 2. The van der Waals surface area contributed by atoms with E-state index in [-0.39, 0.29) is 11.8 Å². The van der Waals surface area contributed by atoms with Gasteiger partial charge in [-0.15, -0.1) is 0 Å². The molecule has 2 saturated heterocycles. The van der Waals surface area contributed by atoms with Gasteiger partial charge in [0.1, 0.15) is 5.69 Å². The van der Waals surface area contributed by atoms with Crippen LogP contribution in [-0.4, -0.2) is 74.5 Å². The van der Waals surface area contributed by atoms with Crippen LogP contribution in [0.25, 0.3) is 33.5 Å². The first-order valence-corrected chi connectivity index (χ1v) is 17.8. The molecule has 2 N–H and O–H groups in total. The number of H-pyrrole nitrogens is 1. The number of pyridine rings is 1. The molecule has 2 amide bonds. The number of benzene rings is 2. The molecular weight excluding hydrogens is 628 g/mol. The maximum Gasteiger partial charge on any atom is 0.236 e. The Kier molecular flexibility index (Phi) is 8.52. The lowest BCUT2D eigenvalue weighted by Gasteiger charge is -2.33. The molecule has 256 valence electrons. The van der Waals surface area contributed by atoms with Crippen molar-refractivity contribution in [2.75, 3.05) is 38.0 Å². The Labute approximate surface area is 291 Å². The third-order valence-corrected chi connectivity index (χ3v) is 11.0. The number of amides is 2. The Morgan fingerprint density at radius 2 is 1.74 bits per heavy atom. The van der Waals surface area contributed by atoms with Crippen molar-refractivity contribution in [3.8, 4) is 22.6 Å². The molecule has 1 aliphatic carbocycles. The quantitative estimate of drug-likeness (QED) is 0.153. The molecule has 1 saturated carbocycles. The number of aromatic nitrogens is 5. The summed E-state index contributed by atoms with van der Waals surface area (Å²) in [6.45, 7) is 5.13. The van der Waals surface area contributed by atoms with Crippen molar-refractivity contribution < 1.29 is 14.3 Å². The topological polar surface area (TPSA) is 134 Å². The van der Waals surface area contributed by atoms with Crippen molar-refractivity contribution in [1.82, 2.24) is 30.0 Å². The zero-order valence-corrected chi connectivity index (χ0v) is 28.3. The highest BCUT2D eigenvalue weighted by Gasteiger charge is 2.44. The second-order valence-corrected chi connectivity index (χ2v) is 14.2. The van der Waals surface area contributed by atoms with E-state index in [2.05, 4.69) is 61.6 Å². The number of hydrogen-bond donors (Lipinski definition) is 2. The van der Waals surface area contributed by atoms with E-state index in [9.17, 15) is 14.8 Å². The Hall–Kier alpha value is -5.16. The lowest BCUT2D eigenvalue weighted by atomic mass is 9.83. The van der Waals surface area contributed by atoms with Crippen LogP contribution in [0.4, 0.5) is 5.69 Å². The summed E-state index contributed by atoms with van der Waals surface area (Å²) in [7, 11) is 0. The molecule has 3 aliphatic rings. The first-order chi connectivity index (χ1) is 24.4. The van der Waals surface area contributed by atoms with Crippen LogP contribution in [0, 0.1) is 10.6 Å². The Bertz CT molecular complexity index is 2020. The van der Waals surface area contributed by atoms with Gasteiger partial charge in [0.05, 0.1) is 17.5 Å². The molecular formula is C39H42N8O3. The number of aromatic amines is 1. The molecule has 3 fully saturated rings. The van der Waals surface area contributed by atoms with Crippen LogP contribution in [-0.2, 0) is 9.59 Å². The zero-order valence-electron chi connectivity index (χ0n) is 28.3. The molecule has 11 nitrogen and oxygen atoms in total. The minimum atomic E-state index is -0.571. The third-order valence-electron chi connectivity index (χ3n) is 11.0. The number of carbonyl (C=O) groups excluding carboxylic acids is 2. The van der Waals surface area contributed by atoms with Crippen molar-refractivity contribution in [3.05, 3.63) is 95.7 Å². The van der Waals surface area contributed by atoms with Gasteiger partial charge in [-0.3, -0.25) is 19.6 Å². The highest BCUT2D eigenvalue weighted by Crippen LogP contribution is 2.40. The summed E-state index contributed by atoms with van der Waals surface area (Å²) in [6.07, 6.45) is 10.4. The van der Waals surface area contributed by atoms with Gasteiger partial charge >= 0.3 is 0 Å². The second-order valence-electron chi connectivity index (χ2n) is 14.2. The van der Waals surface area contributed by atoms with Gasteiger partial charge in [0.2, 0.25) is 11.8 Å². The van der Waals surface area contributed by atoms with Crippen LogP contribution in [0.3, 0.4) is 0 Å². The fraction of sp³-hybridized carbons (Fsp3) is 0.385. The van der Waals surface area contributed by atoms with E-state index in [0.29, 0.717) is 50.0 Å². The number of fused-ring (bicyclic) bond motifs is 1. The predicted molar refractivity (Wildman–Crippen MR) is 191 cm³/mol. The summed E-state index contributed by atoms with van der Waals surface area (Å²) in [6, 6.07) is 19.8. The van der Waals surface area contributed by atoms with Crippen molar-refractivity contribution in [2.24, 2.45) is 5.41 Å². The SMILES string of the molecule is CC[C@@]1(C(=O)Nc2ccc3[nH]nc(-c4cc[n+]([O-])c(C5CC5)c4)c3c2)CCN(CC(=O)N2CCC(c3ccc(-c4ncccn4)cc3)CC2)C1. The van der Waals surface area contributed by atoms with E-state index < -0.39 is 5.41 Å². The normalized spacial score (nSPS) is 20.0. The van der Waals surface area contributed by atoms with Crippen LogP contribution in [0.15, 0.2) is 79.3 Å². The van der Waals surface area contributed by atoms with E-state index >= 15 is 0 Å². The smallest absolute Gasteiger partial charge is 0.236 e. The first kappa shape index (κ1) is 32.1. The molecule has 0 spiro atoms. The summed E-state index contributed by atoms with van der Waals surface area (Å²) < 4.78 is 0.955. The van der Waals surface area contributed by atoms with E-state index in [1.807, 2.05) is 35.2 Å². The van der Waals surface area contributed by atoms with E-state index in [0.717, 1.165) is 82.7 Å². The number of hydrogen-bond acceptors (Lipinski definition) is 7. The third kappa shape index (κ3) is 6.33.